The predicted octanol–water partition coefficient (Wildman–Crippen LogP) is 3.21. The molecule has 1 aliphatic rings. The number of hydrogen-bond donors (Lipinski definition) is 1. The number of ether oxygens (including phenoxy) is 1. The third kappa shape index (κ3) is 5.26. The SMILES string of the molecule is C=C(CCc1nnc([C@H]2C[C@@H](n3nccn3)C2)o1)NC(=O)COc1ccc(Cl)c(F)c1. The van der Waals surface area contributed by atoms with E-state index in [1.54, 1.807) is 17.2 Å². The molecule has 2 aromatic heterocycles. The molecule has 162 valence electrons. The maximum absolute atomic E-state index is 13.4. The molecular formula is C20H20ClFN6O3. The minimum atomic E-state index is -0.613. The van der Waals surface area contributed by atoms with Crippen molar-refractivity contribution in [2.45, 2.75) is 37.6 Å². The summed E-state index contributed by atoms with van der Waals surface area (Å²) in [4.78, 5) is 13.7. The van der Waals surface area contributed by atoms with Crippen LogP contribution in [0.4, 0.5) is 4.39 Å². The van der Waals surface area contributed by atoms with Gasteiger partial charge in [0.1, 0.15) is 11.6 Å². The monoisotopic (exact) mass is 446 g/mol. The molecule has 31 heavy (non-hydrogen) atoms. The van der Waals surface area contributed by atoms with Crippen LogP contribution in [0, 0.1) is 5.82 Å². The lowest BCUT2D eigenvalue weighted by Crippen LogP contribution is -2.28. The molecule has 0 saturated heterocycles. The van der Waals surface area contributed by atoms with Crippen LogP contribution in [-0.2, 0) is 11.2 Å². The highest BCUT2D eigenvalue weighted by Gasteiger charge is 2.36. The summed E-state index contributed by atoms with van der Waals surface area (Å²) in [7, 11) is 0. The Morgan fingerprint density at radius 2 is 2.10 bits per heavy atom. The number of aryl methyl sites for hydroxylation is 1. The highest BCUT2D eigenvalue weighted by atomic mass is 35.5. The third-order valence-corrected chi connectivity index (χ3v) is 5.23. The number of carbonyl (C=O) groups is 1. The highest BCUT2D eigenvalue weighted by molar-refractivity contribution is 6.30. The normalized spacial score (nSPS) is 17.7. The van der Waals surface area contributed by atoms with Gasteiger partial charge in [0.2, 0.25) is 11.8 Å². The smallest absolute Gasteiger partial charge is 0.262 e. The molecule has 0 aliphatic heterocycles. The van der Waals surface area contributed by atoms with Gasteiger partial charge in [0.25, 0.3) is 5.91 Å². The maximum atomic E-state index is 13.4. The Bertz CT molecular complexity index is 1060. The topological polar surface area (TPSA) is 108 Å². The zero-order chi connectivity index (χ0) is 21.8. The van der Waals surface area contributed by atoms with E-state index >= 15 is 0 Å². The van der Waals surface area contributed by atoms with Gasteiger partial charge < -0.3 is 14.5 Å². The minimum absolute atomic E-state index is 0.0126. The van der Waals surface area contributed by atoms with Gasteiger partial charge in [-0.2, -0.15) is 15.0 Å². The Morgan fingerprint density at radius 3 is 2.84 bits per heavy atom. The van der Waals surface area contributed by atoms with Crippen molar-refractivity contribution in [3.05, 3.63) is 65.5 Å². The van der Waals surface area contributed by atoms with Gasteiger partial charge in [-0.15, -0.1) is 10.2 Å². The van der Waals surface area contributed by atoms with Gasteiger partial charge >= 0.3 is 0 Å². The molecular weight excluding hydrogens is 427 g/mol. The van der Waals surface area contributed by atoms with Gasteiger partial charge in [-0.05, 0) is 31.4 Å². The van der Waals surface area contributed by atoms with E-state index in [0.29, 0.717) is 30.3 Å². The molecule has 4 rings (SSSR count). The lowest BCUT2D eigenvalue weighted by molar-refractivity contribution is -0.122. The molecule has 0 unspecified atom stereocenters. The van der Waals surface area contributed by atoms with E-state index in [2.05, 4.69) is 32.3 Å². The average molecular weight is 447 g/mol. The molecule has 3 aromatic rings. The number of halogens is 2. The van der Waals surface area contributed by atoms with Gasteiger partial charge in [0.15, 0.2) is 6.61 Å². The Hall–Kier alpha value is -3.27. The Balaban J connectivity index is 1.17. The second-order valence-electron chi connectivity index (χ2n) is 7.22. The van der Waals surface area contributed by atoms with E-state index < -0.39 is 11.7 Å². The standard InChI is InChI=1S/C20H20ClFN6O3/c1-12(25-18(29)11-30-15-3-4-16(21)17(22)10-15)2-5-19-26-27-20(31-19)13-8-14(9-13)28-23-6-7-24-28/h3-4,6-7,10,13-14H,1-2,5,8-9,11H2,(H,25,29)/t13-,14+. The summed E-state index contributed by atoms with van der Waals surface area (Å²) >= 11 is 5.61. The predicted molar refractivity (Wildman–Crippen MR) is 108 cm³/mol. The largest absolute Gasteiger partial charge is 0.484 e. The fraction of sp³-hybridized carbons (Fsp3) is 0.350. The zero-order valence-electron chi connectivity index (χ0n) is 16.5. The Morgan fingerprint density at radius 1 is 1.32 bits per heavy atom. The van der Waals surface area contributed by atoms with Gasteiger partial charge in [-0.25, -0.2) is 4.39 Å². The van der Waals surface area contributed by atoms with Gasteiger partial charge in [0, 0.05) is 24.1 Å². The van der Waals surface area contributed by atoms with E-state index in [1.165, 1.54) is 12.1 Å². The lowest BCUT2D eigenvalue weighted by Gasteiger charge is -2.31. The van der Waals surface area contributed by atoms with Crippen molar-refractivity contribution >= 4 is 17.5 Å². The number of allylic oxidation sites excluding steroid dienone is 1. The molecule has 0 bridgehead atoms. The molecule has 1 aromatic carbocycles. The van der Waals surface area contributed by atoms with Crippen LogP contribution in [0.5, 0.6) is 5.75 Å². The fourth-order valence-corrected chi connectivity index (χ4v) is 3.31. The minimum Gasteiger partial charge on any atom is -0.484 e. The summed E-state index contributed by atoms with van der Waals surface area (Å²) in [6.07, 6.45) is 5.92. The molecule has 0 spiro atoms. The van der Waals surface area contributed by atoms with E-state index in [-0.39, 0.29) is 29.3 Å². The summed E-state index contributed by atoms with van der Waals surface area (Å²) in [5.41, 5.74) is 0.490. The van der Waals surface area contributed by atoms with Gasteiger partial charge in [0.05, 0.1) is 23.5 Å². The number of nitrogens with zero attached hydrogens (tertiary/aromatic N) is 5. The molecule has 1 N–H and O–H groups in total. The molecule has 2 heterocycles. The van der Waals surface area contributed by atoms with Crippen molar-refractivity contribution in [2.24, 2.45) is 0 Å². The molecule has 1 amide bonds. The summed E-state index contributed by atoms with van der Waals surface area (Å²) in [5.74, 6) is 0.492. The van der Waals surface area contributed by atoms with Crippen molar-refractivity contribution in [3.8, 4) is 5.75 Å². The van der Waals surface area contributed by atoms with Crippen LogP contribution in [0.1, 0.15) is 43.0 Å². The molecule has 9 nitrogen and oxygen atoms in total. The second-order valence-corrected chi connectivity index (χ2v) is 7.63. The number of hydrogen-bond acceptors (Lipinski definition) is 7. The molecule has 1 fully saturated rings. The number of aromatic nitrogens is 5. The van der Waals surface area contributed by atoms with E-state index in [9.17, 15) is 9.18 Å². The van der Waals surface area contributed by atoms with Gasteiger partial charge in [-0.3, -0.25) is 4.79 Å². The quantitative estimate of drug-likeness (QED) is 0.537. The van der Waals surface area contributed by atoms with Crippen molar-refractivity contribution in [3.63, 3.8) is 0 Å². The summed E-state index contributed by atoms with van der Waals surface area (Å²) in [6, 6.07) is 4.22. The van der Waals surface area contributed by atoms with E-state index in [4.69, 9.17) is 20.8 Å². The third-order valence-electron chi connectivity index (χ3n) is 4.93. The molecule has 11 heteroatoms. The summed E-state index contributed by atoms with van der Waals surface area (Å²) < 4.78 is 24.4. The average Bonchev–Trinajstić information content (AvgIpc) is 3.39. The molecule has 1 saturated carbocycles. The molecule has 0 radical (unpaired) electrons. The first-order valence-corrected chi connectivity index (χ1v) is 10.1. The maximum Gasteiger partial charge on any atom is 0.262 e. The fourth-order valence-electron chi connectivity index (χ4n) is 3.19. The first-order valence-electron chi connectivity index (χ1n) is 9.71. The molecule has 0 atom stereocenters. The second kappa shape index (κ2) is 9.25. The lowest BCUT2D eigenvalue weighted by atomic mass is 9.80. The summed E-state index contributed by atoms with van der Waals surface area (Å²) in [6.45, 7) is 3.55. The van der Waals surface area contributed by atoms with Crippen molar-refractivity contribution in [1.82, 2.24) is 30.5 Å². The number of nitrogens with one attached hydrogen (secondary N) is 1. The van der Waals surface area contributed by atoms with Gasteiger partial charge in [-0.1, -0.05) is 18.2 Å². The van der Waals surface area contributed by atoms with Crippen LogP contribution in [-0.4, -0.2) is 37.7 Å². The van der Waals surface area contributed by atoms with E-state index in [1.807, 2.05) is 0 Å². The van der Waals surface area contributed by atoms with E-state index in [0.717, 1.165) is 18.9 Å². The van der Waals surface area contributed by atoms with Crippen molar-refractivity contribution in [1.29, 1.82) is 0 Å². The first kappa shape index (κ1) is 21.0. The van der Waals surface area contributed by atoms with Crippen LogP contribution in [0.25, 0.3) is 0 Å². The zero-order valence-corrected chi connectivity index (χ0v) is 17.3. The van der Waals surface area contributed by atoms with Crippen molar-refractivity contribution in [2.75, 3.05) is 6.61 Å². The van der Waals surface area contributed by atoms with Crippen LogP contribution in [0.2, 0.25) is 5.02 Å². The van der Waals surface area contributed by atoms with Crippen LogP contribution in [0.15, 0.2) is 47.3 Å². The van der Waals surface area contributed by atoms with Crippen LogP contribution >= 0.6 is 11.6 Å². The first-order chi connectivity index (χ1) is 15.0. The number of carbonyl (C=O) groups excluding carboxylic acids is 1. The van der Waals surface area contributed by atoms with Crippen LogP contribution in [0.3, 0.4) is 0 Å². The van der Waals surface area contributed by atoms with Crippen molar-refractivity contribution < 1.29 is 18.3 Å². The Kier molecular flexibility index (Phi) is 6.26. The number of rotatable bonds is 9. The highest BCUT2D eigenvalue weighted by Crippen LogP contribution is 2.43. The Labute approximate surface area is 182 Å². The number of benzene rings is 1. The number of amides is 1. The summed E-state index contributed by atoms with van der Waals surface area (Å²) in [5, 5.41) is 19.1. The molecule has 1 aliphatic carbocycles. The van der Waals surface area contributed by atoms with Crippen LogP contribution < -0.4 is 10.1 Å².